The largest absolute Gasteiger partial charge is 0.348 e. The fourth-order valence-electron chi connectivity index (χ4n) is 2.12. The van der Waals surface area contributed by atoms with Crippen LogP contribution in [-0.2, 0) is 0 Å². The maximum atomic E-state index is 13.0. The zero-order chi connectivity index (χ0) is 15.4. The summed E-state index contributed by atoms with van der Waals surface area (Å²) < 4.78 is 13.0. The first kappa shape index (κ1) is 17.0. The van der Waals surface area contributed by atoms with Crippen LogP contribution in [0.1, 0.15) is 40.9 Å². The van der Waals surface area contributed by atoms with Crippen LogP contribution >= 0.6 is 12.4 Å². The van der Waals surface area contributed by atoms with Crippen molar-refractivity contribution in [3.63, 3.8) is 0 Å². The molecule has 1 amide bonds. The maximum absolute atomic E-state index is 13.0. The molecule has 0 aliphatic heterocycles. The standard InChI is InChI=1S/C18H15FN2O.ClH/c19-15-4-1-3-13(11-15)7-8-14-9-10-17(20-12-14)18(22)21-16-5-2-6-16;/h1,3-4,9-12,16H,2,5-6H2,(H,21,22);1H. The molecular formula is C18H16ClFN2O. The van der Waals surface area contributed by atoms with Gasteiger partial charge >= 0.3 is 0 Å². The van der Waals surface area contributed by atoms with Crippen LogP contribution in [-0.4, -0.2) is 16.9 Å². The maximum Gasteiger partial charge on any atom is 0.270 e. The molecule has 0 unspecified atom stereocenters. The van der Waals surface area contributed by atoms with Crippen molar-refractivity contribution in [3.8, 4) is 11.8 Å². The number of amides is 1. The molecule has 1 N–H and O–H groups in total. The van der Waals surface area contributed by atoms with Crippen molar-refractivity contribution >= 4 is 18.3 Å². The van der Waals surface area contributed by atoms with E-state index in [2.05, 4.69) is 22.1 Å². The first-order valence-electron chi connectivity index (χ1n) is 7.25. The minimum absolute atomic E-state index is 0. The van der Waals surface area contributed by atoms with E-state index >= 15 is 0 Å². The van der Waals surface area contributed by atoms with Crippen molar-refractivity contribution in [2.75, 3.05) is 0 Å². The van der Waals surface area contributed by atoms with Gasteiger partial charge in [0.2, 0.25) is 0 Å². The molecule has 1 aliphatic rings. The molecule has 1 fully saturated rings. The van der Waals surface area contributed by atoms with Crippen LogP contribution < -0.4 is 5.32 Å². The van der Waals surface area contributed by atoms with Gasteiger partial charge in [0, 0.05) is 23.4 Å². The highest BCUT2D eigenvalue weighted by Gasteiger charge is 2.20. The fourth-order valence-corrected chi connectivity index (χ4v) is 2.12. The number of aromatic nitrogens is 1. The van der Waals surface area contributed by atoms with E-state index < -0.39 is 0 Å². The highest BCUT2D eigenvalue weighted by Crippen LogP contribution is 2.18. The number of nitrogens with one attached hydrogen (secondary N) is 1. The third kappa shape index (κ3) is 4.54. The molecule has 1 aromatic heterocycles. The molecule has 1 aromatic carbocycles. The number of benzene rings is 1. The Morgan fingerprint density at radius 3 is 2.57 bits per heavy atom. The number of halogens is 2. The third-order valence-corrected chi connectivity index (χ3v) is 3.61. The molecule has 0 spiro atoms. The number of carbonyl (C=O) groups excluding carboxylic acids is 1. The predicted molar refractivity (Wildman–Crippen MR) is 89.0 cm³/mol. The molecule has 3 nitrogen and oxygen atoms in total. The second kappa shape index (κ2) is 7.75. The van der Waals surface area contributed by atoms with Gasteiger partial charge in [-0.25, -0.2) is 9.37 Å². The quantitative estimate of drug-likeness (QED) is 0.858. The average Bonchev–Trinajstić information content (AvgIpc) is 2.49. The fraction of sp³-hybridized carbons (Fsp3) is 0.222. The van der Waals surface area contributed by atoms with E-state index in [1.54, 1.807) is 30.5 Å². The summed E-state index contributed by atoms with van der Waals surface area (Å²) in [5.74, 6) is 5.32. The van der Waals surface area contributed by atoms with Crippen molar-refractivity contribution in [2.24, 2.45) is 0 Å². The molecule has 118 valence electrons. The van der Waals surface area contributed by atoms with E-state index in [-0.39, 0.29) is 24.1 Å². The lowest BCUT2D eigenvalue weighted by atomic mass is 9.93. The topological polar surface area (TPSA) is 42.0 Å². The second-order valence-electron chi connectivity index (χ2n) is 5.29. The van der Waals surface area contributed by atoms with Crippen LogP contribution in [0.4, 0.5) is 4.39 Å². The van der Waals surface area contributed by atoms with Crippen LogP contribution in [0.3, 0.4) is 0 Å². The van der Waals surface area contributed by atoms with Gasteiger partial charge in [-0.2, -0.15) is 0 Å². The van der Waals surface area contributed by atoms with E-state index in [1.807, 2.05) is 0 Å². The van der Waals surface area contributed by atoms with E-state index in [1.165, 1.54) is 18.6 Å². The smallest absolute Gasteiger partial charge is 0.270 e. The number of carbonyl (C=O) groups is 1. The zero-order valence-corrected chi connectivity index (χ0v) is 13.2. The van der Waals surface area contributed by atoms with E-state index in [9.17, 15) is 9.18 Å². The summed E-state index contributed by atoms with van der Waals surface area (Å²) in [6.07, 6.45) is 4.82. The first-order chi connectivity index (χ1) is 10.7. The van der Waals surface area contributed by atoms with E-state index in [0.29, 0.717) is 22.9 Å². The Balaban J connectivity index is 0.00000192. The van der Waals surface area contributed by atoms with Gasteiger partial charge in [0.05, 0.1) is 0 Å². The van der Waals surface area contributed by atoms with Crippen LogP contribution in [0.25, 0.3) is 0 Å². The summed E-state index contributed by atoms with van der Waals surface area (Å²) in [7, 11) is 0. The molecule has 3 rings (SSSR count). The average molecular weight is 331 g/mol. The molecule has 0 bridgehead atoms. The number of pyridine rings is 1. The molecule has 5 heteroatoms. The molecule has 0 radical (unpaired) electrons. The summed E-state index contributed by atoms with van der Waals surface area (Å²) >= 11 is 0. The Kier molecular flexibility index (Phi) is 5.72. The Morgan fingerprint density at radius 1 is 1.17 bits per heavy atom. The lowest BCUT2D eigenvalue weighted by Gasteiger charge is -2.26. The van der Waals surface area contributed by atoms with Crippen molar-refractivity contribution in [3.05, 3.63) is 65.2 Å². The number of rotatable bonds is 2. The van der Waals surface area contributed by atoms with Crippen molar-refractivity contribution in [2.45, 2.75) is 25.3 Å². The lowest BCUT2D eigenvalue weighted by molar-refractivity contribution is 0.0912. The normalized spacial score (nSPS) is 13.1. The molecule has 23 heavy (non-hydrogen) atoms. The summed E-state index contributed by atoms with van der Waals surface area (Å²) in [6.45, 7) is 0. The Morgan fingerprint density at radius 2 is 1.96 bits per heavy atom. The predicted octanol–water partition coefficient (Wildman–Crippen LogP) is 3.32. The van der Waals surface area contributed by atoms with Gasteiger partial charge in [0.1, 0.15) is 11.5 Å². The Bertz CT molecular complexity index is 746. The van der Waals surface area contributed by atoms with Gasteiger partial charge in [-0.15, -0.1) is 12.4 Å². The summed E-state index contributed by atoms with van der Waals surface area (Å²) in [5.41, 5.74) is 1.68. The van der Waals surface area contributed by atoms with Crippen LogP contribution in [0.2, 0.25) is 0 Å². The molecule has 0 atom stereocenters. The highest BCUT2D eigenvalue weighted by atomic mass is 35.5. The monoisotopic (exact) mass is 330 g/mol. The van der Waals surface area contributed by atoms with Crippen molar-refractivity contribution < 1.29 is 9.18 Å². The number of hydrogen-bond acceptors (Lipinski definition) is 2. The van der Waals surface area contributed by atoms with Gasteiger partial charge in [-0.05, 0) is 49.6 Å². The third-order valence-electron chi connectivity index (χ3n) is 3.61. The van der Waals surface area contributed by atoms with Gasteiger partial charge < -0.3 is 5.32 Å². The molecule has 1 aliphatic carbocycles. The minimum Gasteiger partial charge on any atom is -0.348 e. The minimum atomic E-state index is -0.312. The molecular weight excluding hydrogens is 315 g/mol. The molecule has 1 heterocycles. The van der Waals surface area contributed by atoms with Gasteiger partial charge in [-0.3, -0.25) is 4.79 Å². The van der Waals surface area contributed by atoms with Gasteiger partial charge in [0.15, 0.2) is 0 Å². The molecule has 1 saturated carbocycles. The summed E-state index contributed by atoms with van der Waals surface area (Å²) in [6, 6.07) is 9.80. The van der Waals surface area contributed by atoms with Gasteiger partial charge in [-0.1, -0.05) is 17.9 Å². The Labute approximate surface area is 140 Å². The molecule has 0 saturated heterocycles. The van der Waals surface area contributed by atoms with Crippen LogP contribution in [0.15, 0.2) is 42.6 Å². The highest BCUT2D eigenvalue weighted by molar-refractivity contribution is 5.92. The van der Waals surface area contributed by atoms with Gasteiger partial charge in [0.25, 0.3) is 5.91 Å². The second-order valence-corrected chi connectivity index (χ2v) is 5.29. The molecule has 2 aromatic rings. The summed E-state index contributed by atoms with van der Waals surface area (Å²) in [5, 5.41) is 2.94. The van der Waals surface area contributed by atoms with Crippen LogP contribution in [0.5, 0.6) is 0 Å². The first-order valence-corrected chi connectivity index (χ1v) is 7.25. The van der Waals surface area contributed by atoms with E-state index in [4.69, 9.17) is 0 Å². The SMILES string of the molecule is Cl.O=C(NC1CCC1)c1ccc(C#Cc2cccc(F)c2)cn1. The van der Waals surface area contributed by atoms with Crippen molar-refractivity contribution in [1.82, 2.24) is 10.3 Å². The van der Waals surface area contributed by atoms with E-state index in [0.717, 1.165) is 12.8 Å². The summed E-state index contributed by atoms with van der Waals surface area (Å²) in [4.78, 5) is 16.1. The van der Waals surface area contributed by atoms with Crippen molar-refractivity contribution in [1.29, 1.82) is 0 Å². The number of nitrogens with zero attached hydrogens (tertiary/aromatic N) is 1. The van der Waals surface area contributed by atoms with Crippen LogP contribution in [0, 0.1) is 17.7 Å². The zero-order valence-electron chi connectivity index (χ0n) is 12.4. The number of hydrogen-bond donors (Lipinski definition) is 1. The Hall–Kier alpha value is -2.38. The lowest BCUT2D eigenvalue weighted by Crippen LogP contribution is -2.39.